The molecule has 3 unspecified atom stereocenters. The van der Waals surface area contributed by atoms with E-state index in [1.165, 1.54) is 12.8 Å². The van der Waals surface area contributed by atoms with E-state index in [9.17, 15) is 19.2 Å². The summed E-state index contributed by atoms with van der Waals surface area (Å²) in [6, 6.07) is 0. The van der Waals surface area contributed by atoms with Crippen molar-refractivity contribution in [2.75, 3.05) is 0 Å². The zero-order valence-corrected chi connectivity index (χ0v) is 19.2. The van der Waals surface area contributed by atoms with Gasteiger partial charge in [-0.05, 0) is 44.9 Å². The zero-order valence-electron chi connectivity index (χ0n) is 19.2. The lowest BCUT2D eigenvalue weighted by atomic mass is 9.64. The maximum Gasteiger partial charge on any atom is 0.157 e. The fourth-order valence-corrected chi connectivity index (χ4v) is 6.04. The van der Waals surface area contributed by atoms with Gasteiger partial charge in [0.2, 0.25) is 0 Å². The van der Waals surface area contributed by atoms with Gasteiger partial charge in [0.15, 0.2) is 5.78 Å². The van der Waals surface area contributed by atoms with Gasteiger partial charge >= 0.3 is 0 Å². The molecule has 3 aliphatic rings. The quantitative estimate of drug-likeness (QED) is 0.345. The molecule has 0 radical (unpaired) electrons. The molecule has 1 spiro atoms. The summed E-state index contributed by atoms with van der Waals surface area (Å²) >= 11 is 0. The number of hydrogen-bond donors (Lipinski definition) is 0. The number of carbonyl (C=O) groups excluding carboxylic acids is 4. The molecule has 4 nitrogen and oxygen atoms in total. The van der Waals surface area contributed by atoms with Crippen LogP contribution in [-0.2, 0) is 19.2 Å². The molecule has 31 heavy (non-hydrogen) atoms. The summed E-state index contributed by atoms with van der Waals surface area (Å²) in [5, 5.41) is 0. The summed E-state index contributed by atoms with van der Waals surface area (Å²) in [5.74, 6) is -0.602. The van der Waals surface area contributed by atoms with E-state index in [0.717, 1.165) is 57.8 Å². The molecule has 0 aromatic carbocycles. The maximum absolute atomic E-state index is 13.4. The van der Waals surface area contributed by atoms with E-state index < -0.39 is 11.3 Å². The van der Waals surface area contributed by atoms with Crippen LogP contribution in [0.2, 0.25) is 0 Å². The molecule has 2 bridgehead atoms. The number of fused-ring (bicyclic) bond motifs is 1. The Labute approximate surface area is 187 Å². The molecule has 3 rings (SSSR count). The Morgan fingerprint density at radius 2 is 1.35 bits per heavy atom. The predicted octanol–water partition coefficient (Wildman–Crippen LogP) is 6.10. The van der Waals surface area contributed by atoms with E-state index in [1.807, 2.05) is 6.08 Å². The number of rotatable bonds is 0. The lowest BCUT2D eigenvalue weighted by Gasteiger charge is -2.35. The average molecular weight is 429 g/mol. The number of carbonyl (C=O) groups is 4. The summed E-state index contributed by atoms with van der Waals surface area (Å²) in [6.07, 6.45) is 19.3. The van der Waals surface area contributed by atoms with E-state index in [1.54, 1.807) is 0 Å². The van der Waals surface area contributed by atoms with Crippen molar-refractivity contribution in [1.82, 2.24) is 0 Å². The van der Waals surface area contributed by atoms with Crippen molar-refractivity contribution < 1.29 is 19.2 Å². The number of hydrogen-bond acceptors (Lipinski definition) is 4. The van der Waals surface area contributed by atoms with Gasteiger partial charge in [0, 0.05) is 25.2 Å². The first kappa shape index (κ1) is 24.1. The summed E-state index contributed by atoms with van der Waals surface area (Å²) in [5.41, 5.74) is -1.01. The summed E-state index contributed by atoms with van der Waals surface area (Å²) in [4.78, 5) is 51.9. The molecular formula is C27H40O4. The Morgan fingerprint density at radius 1 is 0.677 bits per heavy atom. The van der Waals surface area contributed by atoms with Crippen molar-refractivity contribution in [3.63, 3.8) is 0 Å². The molecule has 0 heterocycles. The molecule has 2 fully saturated rings. The summed E-state index contributed by atoms with van der Waals surface area (Å²) in [7, 11) is 0. The van der Waals surface area contributed by atoms with E-state index in [0.29, 0.717) is 44.9 Å². The standard InChI is InChI=1S/C27H40O4/c28-21-15-9-6-4-2-1-3-5-7-11-17-22-25(30)23-18-13-14-20-27(23,26(22)31)24(29)19-12-8-10-16-21/h6,9,22-23H,1-5,7-8,10-20H2/b9-6-. The van der Waals surface area contributed by atoms with Gasteiger partial charge in [0.05, 0.1) is 11.3 Å². The van der Waals surface area contributed by atoms with Gasteiger partial charge in [0.25, 0.3) is 0 Å². The van der Waals surface area contributed by atoms with Gasteiger partial charge in [-0.2, -0.15) is 0 Å². The lowest BCUT2D eigenvalue weighted by Crippen LogP contribution is -2.44. The van der Waals surface area contributed by atoms with Crippen LogP contribution in [-0.4, -0.2) is 23.1 Å². The first-order chi connectivity index (χ1) is 15.1. The third-order valence-corrected chi connectivity index (χ3v) is 7.83. The summed E-state index contributed by atoms with van der Waals surface area (Å²) < 4.78 is 0. The Bertz CT molecular complexity index is 691. The molecule has 2 saturated carbocycles. The Morgan fingerprint density at radius 3 is 2.19 bits per heavy atom. The second kappa shape index (κ2) is 11.9. The molecule has 4 heteroatoms. The Kier molecular flexibility index (Phi) is 9.22. The molecule has 172 valence electrons. The molecule has 3 atom stereocenters. The topological polar surface area (TPSA) is 68.3 Å². The van der Waals surface area contributed by atoms with Gasteiger partial charge in [-0.15, -0.1) is 0 Å². The van der Waals surface area contributed by atoms with E-state index in [2.05, 4.69) is 6.08 Å². The maximum atomic E-state index is 13.4. The monoisotopic (exact) mass is 428 g/mol. The molecular weight excluding hydrogens is 388 g/mol. The molecule has 0 aliphatic heterocycles. The number of Topliss-reactive ketones (excluding diaryl/α,β-unsaturated/α-hetero) is 4. The van der Waals surface area contributed by atoms with Gasteiger partial charge in [0.1, 0.15) is 17.3 Å². The largest absolute Gasteiger partial charge is 0.299 e. The minimum atomic E-state index is -1.01. The molecule has 0 saturated heterocycles. The smallest absolute Gasteiger partial charge is 0.157 e. The highest BCUT2D eigenvalue weighted by Crippen LogP contribution is 2.52. The van der Waals surface area contributed by atoms with Crippen molar-refractivity contribution in [2.45, 2.75) is 116 Å². The molecule has 3 aliphatic carbocycles. The molecule has 0 aromatic heterocycles. The van der Waals surface area contributed by atoms with Gasteiger partial charge in [-0.25, -0.2) is 0 Å². The Balaban J connectivity index is 1.66. The van der Waals surface area contributed by atoms with Crippen molar-refractivity contribution in [3.05, 3.63) is 12.2 Å². The van der Waals surface area contributed by atoms with Crippen LogP contribution in [0.15, 0.2) is 12.2 Å². The van der Waals surface area contributed by atoms with Gasteiger partial charge in [-0.1, -0.05) is 63.5 Å². The minimum Gasteiger partial charge on any atom is -0.299 e. The van der Waals surface area contributed by atoms with Crippen molar-refractivity contribution in [1.29, 1.82) is 0 Å². The van der Waals surface area contributed by atoms with E-state index in [-0.39, 0.29) is 29.1 Å². The number of ketones is 4. The van der Waals surface area contributed by atoms with Gasteiger partial charge < -0.3 is 0 Å². The molecule has 0 aromatic rings. The van der Waals surface area contributed by atoms with Crippen LogP contribution in [0.4, 0.5) is 0 Å². The first-order valence-corrected chi connectivity index (χ1v) is 12.9. The minimum absolute atomic E-state index is 0.0122. The van der Waals surface area contributed by atoms with Crippen LogP contribution >= 0.6 is 0 Å². The summed E-state index contributed by atoms with van der Waals surface area (Å²) in [6.45, 7) is 0. The normalized spacial score (nSPS) is 34.1. The third kappa shape index (κ3) is 5.81. The van der Waals surface area contributed by atoms with Crippen LogP contribution in [0.1, 0.15) is 116 Å². The average Bonchev–Trinajstić information content (AvgIpc) is 2.99. The Hall–Kier alpha value is -1.58. The van der Waals surface area contributed by atoms with Crippen molar-refractivity contribution in [2.24, 2.45) is 17.3 Å². The van der Waals surface area contributed by atoms with Crippen LogP contribution in [0, 0.1) is 17.3 Å². The van der Waals surface area contributed by atoms with Crippen LogP contribution < -0.4 is 0 Å². The second-order valence-electron chi connectivity index (χ2n) is 9.99. The highest BCUT2D eigenvalue weighted by atomic mass is 16.2. The highest BCUT2D eigenvalue weighted by Gasteiger charge is 2.63. The molecule has 0 amide bonds. The van der Waals surface area contributed by atoms with Crippen LogP contribution in [0.25, 0.3) is 0 Å². The molecule has 0 N–H and O–H groups in total. The zero-order chi connectivity index (χ0) is 22.1. The van der Waals surface area contributed by atoms with Crippen molar-refractivity contribution in [3.8, 4) is 0 Å². The number of allylic oxidation sites excluding steroid dienone is 2. The van der Waals surface area contributed by atoms with Gasteiger partial charge in [-0.3, -0.25) is 19.2 Å². The van der Waals surface area contributed by atoms with Crippen LogP contribution in [0.5, 0.6) is 0 Å². The second-order valence-corrected chi connectivity index (χ2v) is 9.99. The predicted molar refractivity (Wildman–Crippen MR) is 122 cm³/mol. The first-order valence-electron chi connectivity index (χ1n) is 12.9. The van der Waals surface area contributed by atoms with E-state index >= 15 is 0 Å². The lowest BCUT2D eigenvalue weighted by molar-refractivity contribution is -0.145. The highest BCUT2D eigenvalue weighted by molar-refractivity contribution is 6.23. The SMILES string of the molecule is O=C1C/C=C\CCCCCCCCC2C(=O)C3CCCCC3(C(=O)CCCCC1)C2=O. The van der Waals surface area contributed by atoms with E-state index in [4.69, 9.17) is 0 Å². The fourth-order valence-electron chi connectivity index (χ4n) is 6.04. The fraction of sp³-hybridized carbons (Fsp3) is 0.778. The van der Waals surface area contributed by atoms with Crippen molar-refractivity contribution >= 4 is 23.1 Å². The van der Waals surface area contributed by atoms with Crippen LogP contribution in [0.3, 0.4) is 0 Å². The third-order valence-electron chi connectivity index (χ3n) is 7.83.